The fourth-order valence-electron chi connectivity index (χ4n) is 1.73. The zero-order chi connectivity index (χ0) is 11.5. The van der Waals surface area contributed by atoms with E-state index in [2.05, 4.69) is 20.8 Å². The molecule has 2 heterocycles. The molecule has 0 aromatic carbocycles. The van der Waals surface area contributed by atoms with Crippen molar-refractivity contribution in [3.63, 3.8) is 0 Å². The lowest BCUT2D eigenvalue weighted by atomic mass is 10.2. The summed E-state index contributed by atoms with van der Waals surface area (Å²) < 4.78 is 1.35. The number of β-amino-alcohol motifs (C(OH)–C–C–N with tert-alkyl or cyclic N) is 1. The van der Waals surface area contributed by atoms with Crippen LogP contribution in [0.25, 0.3) is 0 Å². The van der Waals surface area contributed by atoms with Crippen LogP contribution in [0.3, 0.4) is 0 Å². The number of likely N-dealkylation sites (N-methyl/N-ethyl adjacent to an activating group) is 1. The first kappa shape index (κ1) is 11.0. The Morgan fingerprint density at radius 3 is 3.06 bits per heavy atom. The predicted octanol–water partition coefficient (Wildman–Crippen LogP) is -2.54. The number of rotatable bonds is 3. The molecule has 2 N–H and O–H groups in total. The number of aromatic nitrogens is 4. The van der Waals surface area contributed by atoms with Crippen LogP contribution in [0.15, 0.2) is 6.33 Å². The van der Waals surface area contributed by atoms with E-state index in [-0.39, 0.29) is 18.5 Å². The Balaban J connectivity index is 1.94. The Labute approximate surface area is 92.2 Å². The van der Waals surface area contributed by atoms with Gasteiger partial charge in [0.05, 0.1) is 12.1 Å². The first-order chi connectivity index (χ1) is 7.68. The molecular formula is C8H14N6O2. The van der Waals surface area contributed by atoms with Crippen molar-refractivity contribution in [2.45, 2.75) is 18.7 Å². The number of amides is 1. The van der Waals surface area contributed by atoms with Crippen LogP contribution in [0.5, 0.6) is 0 Å². The maximum atomic E-state index is 11.8. The molecule has 1 aromatic rings. The number of aliphatic hydroxyl groups is 1. The van der Waals surface area contributed by atoms with Gasteiger partial charge in [-0.2, -0.15) is 0 Å². The van der Waals surface area contributed by atoms with Gasteiger partial charge in [-0.3, -0.25) is 4.79 Å². The summed E-state index contributed by atoms with van der Waals surface area (Å²) in [5, 5.41) is 23.2. The van der Waals surface area contributed by atoms with Gasteiger partial charge in [0, 0.05) is 20.1 Å². The molecule has 1 saturated heterocycles. The molecule has 0 radical (unpaired) electrons. The zero-order valence-electron chi connectivity index (χ0n) is 8.94. The number of tetrazole rings is 1. The van der Waals surface area contributed by atoms with Gasteiger partial charge in [-0.15, -0.1) is 5.10 Å². The lowest BCUT2D eigenvalue weighted by molar-refractivity contribution is -0.134. The Morgan fingerprint density at radius 2 is 2.50 bits per heavy atom. The maximum absolute atomic E-state index is 11.8. The molecule has 8 heteroatoms. The largest absolute Gasteiger partial charge is 0.390 e. The van der Waals surface area contributed by atoms with Gasteiger partial charge in [-0.25, -0.2) is 4.68 Å². The Morgan fingerprint density at radius 1 is 1.69 bits per heavy atom. The van der Waals surface area contributed by atoms with E-state index in [1.54, 1.807) is 7.05 Å². The summed E-state index contributed by atoms with van der Waals surface area (Å²) >= 11 is 0. The van der Waals surface area contributed by atoms with E-state index >= 15 is 0 Å². The molecule has 1 aliphatic heterocycles. The first-order valence-corrected chi connectivity index (χ1v) is 5.03. The van der Waals surface area contributed by atoms with E-state index in [1.807, 2.05) is 0 Å². The summed E-state index contributed by atoms with van der Waals surface area (Å²) in [4.78, 5) is 13.3. The van der Waals surface area contributed by atoms with Gasteiger partial charge >= 0.3 is 0 Å². The van der Waals surface area contributed by atoms with E-state index in [0.717, 1.165) is 0 Å². The number of nitrogens with zero attached hydrogens (tertiary/aromatic N) is 5. The molecule has 1 fully saturated rings. The highest BCUT2D eigenvalue weighted by Gasteiger charge is 2.31. The normalized spacial score (nSPS) is 24.6. The number of hydrogen-bond donors (Lipinski definition) is 2. The van der Waals surface area contributed by atoms with Crippen molar-refractivity contribution in [2.24, 2.45) is 0 Å². The Kier molecular flexibility index (Phi) is 3.11. The molecule has 2 rings (SSSR count). The molecule has 8 nitrogen and oxygen atoms in total. The molecule has 0 aliphatic carbocycles. The molecule has 16 heavy (non-hydrogen) atoms. The summed E-state index contributed by atoms with van der Waals surface area (Å²) in [6.45, 7) is 1.22. The lowest BCUT2D eigenvalue weighted by Gasteiger charge is -2.26. The third-order valence-electron chi connectivity index (χ3n) is 2.73. The van der Waals surface area contributed by atoms with Gasteiger partial charge in [0.25, 0.3) is 0 Å². The van der Waals surface area contributed by atoms with Crippen LogP contribution in [0.2, 0.25) is 0 Å². The molecule has 1 amide bonds. The van der Waals surface area contributed by atoms with Crippen LogP contribution in [0.4, 0.5) is 0 Å². The fourth-order valence-corrected chi connectivity index (χ4v) is 1.73. The molecule has 0 unspecified atom stereocenters. The van der Waals surface area contributed by atoms with Gasteiger partial charge in [-0.05, 0) is 10.4 Å². The number of hydrogen-bond acceptors (Lipinski definition) is 6. The van der Waals surface area contributed by atoms with E-state index in [1.165, 1.54) is 15.9 Å². The van der Waals surface area contributed by atoms with Gasteiger partial charge in [0.1, 0.15) is 12.9 Å². The second-order valence-electron chi connectivity index (χ2n) is 3.80. The van der Waals surface area contributed by atoms with Crippen molar-refractivity contribution in [1.82, 2.24) is 30.4 Å². The fraction of sp³-hybridized carbons (Fsp3) is 0.750. The standard InChI is InChI=1S/C8H14N6O2/c1-13(6-2-9-3-7(6)15)8(16)4-14-5-10-11-12-14/h5-7,9,15H,2-4H2,1H3/t6-,7-/m1/s1. The van der Waals surface area contributed by atoms with E-state index in [9.17, 15) is 9.90 Å². The van der Waals surface area contributed by atoms with Crippen molar-refractivity contribution < 1.29 is 9.90 Å². The lowest BCUT2D eigenvalue weighted by Crippen LogP contribution is -2.45. The van der Waals surface area contributed by atoms with E-state index < -0.39 is 6.10 Å². The predicted molar refractivity (Wildman–Crippen MR) is 53.3 cm³/mol. The van der Waals surface area contributed by atoms with Gasteiger partial charge in [0.2, 0.25) is 5.91 Å². The monoisotopic (exact) mass is 226 g/mol. The highest BCUT2D eigenvalue weighted by atomic mass is 16.3. The van der Waals surface area contributed by atoms with Gasteiger partial charge in [-0.1, -0.05) is 0 Å². The SMILES string of the molecule is CN(C(=O)Cn1cnnn1)[C@@H]1CNC[C@H]1O. The minimum atomic E-state index is -0.511. The maximum Gasteiger partial charge on any atom is 0.244 e. The molecular weight excluding hydrogens is 212 g/mol. The third-order valence-corrected chi connectivity index (χ3v) is 2.73. The van der Waals surface area contributed by atoms with E-state index in [0.29, 0.717) is 13.1 Å². The summed E-state index contributed by atoms with van der Waals surface area (Å²) in [7, 11) is 1.67. The van der Waals surface area contributed by atoms with Crippen molar-refractivity contribution >= 4 is 5.91 Å². The topological polar surface area (TPSA) is 96.2 Å². The average molecular weight is 226 g/mol. The number of carbonyl (C=O) groups excluding carboxylic acids is 1. The zero-order valence-corrected chi connectivity index (χ0v) is 8.94. The number of aliphatic hydroxyl groups excluding tert-OH is 1. The number of nitrogens with one attached hydrogen (secondary N) is 1. The minimum absolute atomic E-state index is 0.0900. The van der Waals surface area contributed by atoms with Crippen LogP contribution < -0.4 is 5.32 Å². The van der Waals surface area contributed by atoms with Crippen LogP contribution in [0, 0.1) is 0 Å². The second-order valence-corrected chi connectivity index (χ2v) is 3.80. The molecule has 0 spiro atoms. The summed E-state index contributed by atoms with van der Waals surface area (Å²) in [6.07, 6.45) is 0.873. The highest BCUT2D eigenvalue weighted by molar-refractivity contribution is 5.76. The average Bonchev–Trinajstić information content (AvgIpc) is 2.88. The molecule has 88 valence electrons. The third kappa shape index (κ3) is 2.17. The molecule has 0 bridgehead atoms. The van der Waals surface area contributed by atoms with Crippen LogP contribution in [-0.2, 0) is 11.3 Å². The molecule has 2 atom stereocenters. The Hall–Kier alpha value is -1.54. The second kappa shape index (κ2) is 4.54. The smallest absolute Gasteiger partial charge is 0.244 e. The number of carbonyl (C=O) groups is 1. The minimum Gasteiger partial charge on any atom is -0.390 e. The summed E-state index contributed by atoms with van der Waals surface area (Å²) in [5.41, 5.74) is 0. The first-order valence-electron chi connectivity index (χ1n) is 5.03. The van der Waals surface area contributed by atoms with Crippen molar-refractivity contribution in [3.05, 3.63) is 6.33 Å². The molecule has 1 aromatic heterocycles. The van der Waals surface area contributed by atoms with Gasteiger partial charge < -0.3 is 15.3 Å². The highest BCUT2D eigenvalue weighted by Crippen LogP contribution is 2.07. The van der Waals surface area contributed by atoms with Crippen molar-refractivity contribution in [1.29, 1.82) is 0 Å². The summed E-state index contributed by atoms with van der Waals surface area (Å²) in [5.74, 6) is -0.125. The molecule has 1 aliphatic rings. The van der Waals surface area contributed by atoms with E-state index in [4.69, 9.17) is 0 Å². The van der Waals surface area contributed by atoms with Crippen molar-refractivity contribution in [3.8, 4) is 0 Å². The summed E-state index contributed by atoms with van der Waals surface area (Å²) in [6, 6.07) is -0.177. The van der Waals surface area contributed by atoms with Crippen LogP contribution in [-0.4, -0.2) is 68.4 Å². The van der Waals surface area contributed by atoms with Gasteiger partial charge in [0.15, 0.2) is 0 Å². The van der Waals surface area contributed by atoms with Crippen molar-refractivity contribution in [2.75, 3.05) is 20.1 Å². The van der Waals surface area contributed by atoms with Crippen LogP contribution >= 0.6 is 0 Å². The Bertz CT molecular complexity index is 353. The molecule has 0 saturated carbocycles. The van der Waals surface area contributed by atoms with Crippen LogP contribution in [0.1, 0.15) is 0 Å². The quantitative estimate of drug-likeness (QED) is 0.589.